The maximum atomic E-state index is 12.0. The summed E-state index contributed by atoms with van der Waals surface area (Å²) in [4.78, 5) is 22.7. The second-order valence-corrected chi connectivity index (χ2v) is 7.64. The number of carboxylic acid groups (broad SMARTS) is 1. The molecule has 24 heavy (non-hydrogen) atoms. The number of benzene rings is 1. The normalized spacial score (nSPS) is 21.7. The van der Waals surface area contributed by atoms with Gasteiger partial charge in [0.1, 0.15) is 0 Å². The second-order valence-electron chi connectivity index (χ2n) is 6.06. The van der Waals surface area contributed by atoms with Crippen LogP contribution < -0.4 is 10.6 Å². The zero-order valence-corrected chi connectivity index (χ0v) is 14.4. The van der Waals surface area contributed by atoms with E-state index >= 15 is 0 Å². The van der Waals surface area contributed by atoms with Gasteiger partial charge in [0.05, 0.1) is 5.92 Å². The molecule has 2 amide bonds. The molecule has 0 aliphatic heterocycles. The van der Waals surface area contributed by atoms with E-state index in [1.165, 1.54) is 0 Å². The third kappa shape index (κ3) is 6.31. The number of aliphatic carboxylic acids is 1. The molecule has 1 unspecified atom stereocenters. The Morgan fingerprint density at radius 3 is 2.42 bits per heavy atom. The van der Waals surface area contributed by atoms with Gasteiger partial charge in [0.25, 0.3) is 0 Å². The Balaban J connectivity index is 1.60. The number of hydrogen-bond acceptors (Lipinski definition) is 3. The molecule has 1 aliphatic carbocycles. The minimum absolute atomic E-state index is 0.0235. The van der Waals surface area contributed by atoms with Crippen molar-refractivity contribution >= 4 is 22.8 Å². The molecular formula is C17H24N2O4S. The maximum absolute atomic E-state index is 12.0. The van der Waals surface area contributed by atoms with Crippen LogP contribution in [0.15, 0.2) is 30.3 Å². The smallest absolute Gasteiger partial charge is 0.315 e. The lowest BCUT2D eigenvalue weighted by Crippen LogP contribution is -2.45. The van der Waals surface area contributed by atoms with Gasteiger partial charge in [-0.2, -0.15) is 0 Å². The van der Waals surface area contributed by atoms with Crippen molar-refractivity contribution in [1.29, 1.82) is 0 Å². The highest BCUT2D eigenvalue weighted by Gasteiger charge is 2.26. The summed E-state index contributed by atoms with van der Waals surface area (Å²) in [6.45, 7) is 0.357. The summed E-state index contributed by atoms with van der Waals surface area (Å²) in [7, 11) is -1.01. The van der Waals surface area contributed by atoms with E-state index in [-0.39, 0.29) is 18.0 Å². The summed E-state index contributed by atoms with van der Waals surface area (Å²) in [6, 6.07) is 9.37. The van der Waals surface area contributed by atoms with Crippen molar-refractivity contribution in [3.8, 4) is 0 Å². The fourth-order valence-electron chi connectivity index (χ4n) is 2.83. The summed E-state index contributed by atoms with van der Waals surface area (Å²) in [5.74, 6) is -0.137. The van der Waals surface area contributed by atoms with Crippen LogP contribution in [0.3, 0.4) is 0 Å². The Hall–Kier alpha value is -1.89. The highest BCUT2D eigenvalue weighted by molar-refractivity contribution is 7.84. The van der Waals surface area contributed by atoms with Gasteiger partial charge in [0, 0.05) is 34.9 Å². The third-order valence-corrected chi connectivity index (χ3v) is 5.51. The number of carbonyl (C=O) groups excluding carboxylic acids is 1. The molecule has 0 saturated heterocycles. The van der Waals surface area contributed by atoms with Gasteiger partial charge < -0.3 is 15.7 Å². The lowest BCUT2D eigenvalue weighted by Gasteiger charge is -2.26. The molecule has 3 N–H and O–H groups in total. The number of rotatable bonds is 7. The SMILES string of the molecule is O=C(NCCS(=O)Cc1ccccc1)NC1CCC(C(=O)O)CC1. The van der Waals surface area contributed by atoms with E-state index in [9.17, 15) is 13.8 Å². The Morgan fingerprint density at radius 2 is 1.79 bits per heavy atom. The lowest BCUT2D eigenvalue weighted by atomic mass is 9.86. The molecule has 1 saturated carbocycles. The molecule has 0 bridgehead atoms. The first-order valence-electron chi connectivity index (χ1n) is 8.20. The van der Waals surface area contributed by atoms with Crippen LogP contribution in [0.1, 0.15) is 31.2 Å². The van der Waals surface area contributed by atoms with Crippen molar-refractivity contribution in [2.24, 2.45) is 5.92 Å². The maximum Gasteiger partial charge on any atom is 0.315 e. The van der Waals surface area contributed by atoms with Crippen LogP contribution in [0, 0.1) is 5.92 Å². The van der Waals surface area contributed by atoms with Crippen LogP contribution in [0.25, 0.3) is 0 Å². The molecule has 0 aromatic heterocycles. The van der Waals surface area contributed by atoms with Crippen molar-refractivity contribution in [1.82, 2.24) is 10.6 Å². The first-order chi connectivity index (χ1) is 11.5. The summed E-state index contributed by atoms with van der Waals surface area (Å²) in [5, 5.41) is 14.5. The Morgan fingerprint density at radius 1 is 1.12 bits per heavy atom. The van der Waals surface area contributed by atoms with Gasteiger partial charge >= 0.3 is 12.0 Å². The van der Waals surface area contributed by atoms with Gasteiger partial charge in [-0.1, -0.05) is 30.3 Å². The lowest BCUT2D eigenvalue weighted by molar-refractivity contribution is -0.142. The number of carboxylic acids is 1. The third-order valence-electron chi connectivity index (χ3n) is 4.20. The summed E-state index contributed by atoms with van der Waals surface area (Å²) < 4.78 is 12.0. The van der Waals surface area contributed by atoms with Crippen molar-refractivity contribution < 1.29 is 18.9 Å². The molecule has 0 heterocycles. The average Bonchev–Trinajstić information content (AvgIpc) is 2.56. The number of urea groups is 1. The van der Waals surface area contributed by atoms with Gasteiger partial charge in [0.15, 0.2) is 0 Å². The van der Waals surface area contributed by atoms with Crippen molar-refractivity contribution in [3.05, 3.63) is 35.9 Å². The standard InChI is InChI=1S/C17H24N2O4S/c20-16(21)14-6-8-15(9-7-14)19-17(22)18-10-11-24(23)12-13-4-2-1-3-5-13/h1-5,14-15H,6-12H2,(H,20,21)(H2,18,19,22). The molecule has 1 fully saturated rings. The fraction of sp³-hybridized carbons (Fsp3) is 0.529. The molecule has 0 radical (unpaired) electrons. The number of carbonyl (C=O) groups is 2. The highest BCUT2D eigenvalue weighted by atomic mass is 32.2. The fourth-order valence-corrected chi connectivity index (χ4v) is 3.87. The molecule has 132 valence electrons. The van der Waals surface area contributed by atoms with Gasteiger partial charge in [-0.3, -0.25) is 9.00 Å². The van der Waals surface area contributed by atoms with Crippen LogP contribution in [0.2, 0.25) is 0 Å². The zero-order valence-electron chi connectivity index (χ0n) is 13.6. The van der Waals surface area contributed by atoms with Crippen molar-refractivity contribution in [2.45, 2.75) is 37.5 Å². The largest absolute Gasteiger partial charge is 0.481 e. The predicted octanol–water partition coefficient (Wildman–Crippen LogP) is 1.88. The van der Waals surface area contributed by atoms with Crippen LogP contribution in [0.4, 0.5) is 4.79 Å². The summed E-state index contributed by atoms with van der Waals surface area (Å²) >= 11 is 0. The molecule has 2 rings (SSSR count). The number of nitrogens with one attached hydrogen (secondary N) is 2. The van der Waals surface area contributed by atoms with Crippen LogP contribution in [-0.2, 0) is 21.3 Å². The Labute approximate surface area is 144 Å². The Kier molecular flexibility index (Phi) is 7.24. The van der Waals surface area contributed by atoms with E-state index in [0.717, 1.165) is 5.56 Å². The second kappa shape index (κ2) is 9.42. The number of amides is 2. The minimum Gasteiger partial charge on any atom is -0.481 e. The summed E-state index contributed by atoms with van der Waals surface area (Å²) in [5.41, 5.74) is 1.02. The van der Waals surface area contributed by atoms with Crippen molar-refractivity contribution in [3.63, 3.8) is 0 Å². The average molecular weight is 352 g/mol. The molecule has 1 aromatic carbocycles. The topological polar surface area (TPSA) is 95.5 Å². The van der Waals surface area contributed by atoms with E-state index in [1.807, 2.05) is 30.3 Å². The zero-order chi connectivity index (χ0) is 17.4. The van der Waals surface area contributed by atoms with Gasteiger partial charge in [-0.25, -0.2) is 4.79 Å². The highest BCUT2D eigenvalue weighted by Crippen LogP contribution is 2.24. The Bertz CT molecular complexity index is 571. The monoisotopic (exact) mass is 352 g/mol. The first-order valence-corrected chi connectivity index (χ1v) is 9.69. The van der Waals surface area contributed by atoms with Crippen molar-refractivity contribution in [2.75, 3.05) is 12.3 Å². The summed E-state index contributed by atoms with van der Waals surface area (Å²) in [6.07, 6.45) is 2.57. The van der Waals surface area contributed by atoms with E-state index in [4.69, 9.17) is 5.11 Å². The molecule has 1 atom stereocenters. The molecule has 7 heteroatoms. The number of hydrogen-bond donors (Lipinski definition) is 3. The van der Waals surface area contributed by atoms with Gasteiger partial charge in [0.2, 0.25) is 0 Å². The molecule has 1 aliphatic rings. The van der Waals surface area contributed by atoms with E-state index in [0.29, 0.717) is 43.7 Å². The first kappa shape index (κ1) is 18.4. The van der Waals surface area contributed by atoms with Gasteiger partial charge in [-0.15, -0.1) is 0 Å². The van der Waals surface area contributed by atoms with Crippen LogP contribution in [-0.4, -0.2) is 39.7 Å². The molecule has 1 aromatic rings. The minimum atomic E-state index is -1.01. The van der Waals surface area contributed by atoms with Crippen LogP contribution in [0.5, 0.6) is 0 Å². The van der Waals surface area contributed by atoms with Gasteiger partial charge in [-0.05, 0) is 31.2 Å². The van der Waals surface area contributed by atoms with E-state index < -0.39 is 16.8 Å². The van der Waals surface area contributed by atoms with E-state index in [2.05, 4.69) is 10.6 Å². The quantitative estimate of drug-likeness (QED) is 0.698. The molecular weight excluding hydrogens is 328 g/mol. The van der Waals surface area contributed by atoms with Crippen LogP contribution >= 0.6 is 0 Å². The van der Waals surface area contributed by atoms with E-state index in [1.54, 1.807) is 0 Å². The predicted molar refractivity (Wildman–Crippen MR) is 93.1 cm³/mol. The molecule has 0 spiro atoms. The molecule has 6 nitrogen and oxygen atoms in total.